The summed E-state index contributed by atoms with van der Waals surface area (Å²) in [7, 11) is 3.55. The number of guanidine groups is 1. The zero-order chi connectivity index (χ0) is 22.2. The van der Waals surface area contributed by atoms with Crippen molar-refractivity contribution in [1.29, 1.82) is 0 Å². The van der Waals surface area contributed by atoms with Crippen LogP contribution in [0.5, 0.6) is 5.75 Å². The number of benzene rings is 1. The molecule has 2 aliphatic heterocycles. The number of hydrogen-bond acceptors (Lipinski definition) is 4. The van der Waals surface area contributed by atoms with Crippen LogP contribution in [0, 0.1) is 5.92 Å². The lowest BCUT2D eigenvalue weighted by Crippen LogP contribution is -2.48. The van der Waals surface area contributed by atoms with E-state index in [0.29, 0.717) is 0 Å². The summed E-state index contributed by atoms with van der Waals surface area (Å²) in [5, 5.41) is 7.07. The highest BCUT2D eigenvalue weighted by Crippen LogP contribution is 2.30. The quantitative estimate of drug-likeness (QED) is 0.306. The van der Waals surface area contributed by atoms with Crippen LogP contribution in [0.2, 0.25) is 0 Å². The Balaban J connectivity index is 0.00000363. The van der Waals surface area contributed by atoms with Crippen molar-refractivity contribution in [3.8, 4) is 5.75 Å². The molecule has 1 aromatic rings. The lowest BCUT2D eigenvalue weighted by Gasteiger charge is -2.36. The van der Waals surface area contributed by atoms with E-state index in [2.05, 4.69) is 32.7 Å². The molecule has 8 heteroatoms. The van der Waals surface area contributed by atoms with Crippen LogP contribution in [0.25, 0.3) is 0 Å². The molecule has 32 heavy (non-hydrogen) atoms. The maximum Gasteiger partial charge on any atom is 0.225 e. The van der Waals surface area contributed by atoms with Gasteiger partial charge in [0, 0.05) is 44.2 Å². The summed E-state index contributed by atoms with van der Waals surface area (Å²) in [6, 6.07) is 8.76. The van der Waals surface area contributed by atoms with E-state index in [1.807, 2.05) is 30.9 Å². The molecular formula is C24H40IN5O2. The number of para-hydroxylation sites is 1. The summed E-state index contributed by atoms with van der Waals surface area (Å²) in [5.41, 5.74) is 1.21. The Bertz CT molecular complexity index is 752. The second-order valence-electron chi connectivity index (χ2n) is 8.88. The van der Waals surface area contributed by atoms with Gasteiger partial charge in [0.15, 0.2) is 5.96 Å². The van der Waals surface area contributed by atoms with Gasteiger partial charge in [-0.1, -0.05) is 38.5 Å². The predicted octanol–water partition coefficient (Wildman–Crippen LogP) is 3.26. The Hall–Kier alpha value is -1.55. The van der Waals surface area contributed by atoms with Gasteiger partial charge in [-0.25, -0.2) is 0 Å². The Kier molecular flexibility index (Phi) is 11.0. The van der Waals surface area contributed by atoms with E-state index in [4.69, 9.17) is 4.74 Å². The fraction of sp³-hybridized carbons (Fsp3) is 0.667. The summed E-state index contributed by atoms with van der Waals surface area (Å²) in [5.74, 6) is 2.00. The van der Waals surface area contributed by atoms with E-state index in [0.717, 1.165) is 50.9 Å². The summed E-state index contributed by atoms with van der Waals surface area (Å²) >= 11 is 0. The number of aliphatic imine (C=N–C) groups is 1. The maximum absolute atomic E-state index is 12.3. The van der Waals surface area contributed by atoms with E-state index in [1.54, 1.807) is 14.2 Å². The first-order valence-electron chi connectivity index (χ1n) is 11.7. The van der Waals surface area contributed by atoms with Crippen LogP contribution in [0.15, 0.2) is 29.3 Å². The molecule has 3 rings (SSSR count). The van der Waals surface area contributed by atoms with Gasteiger partial charge in [0.1, 0.15) is 5.75 Å². The highest BCUT2D eigenvalue weighted by molar-refractivity contribution is 14.0. The first-order chi connectivity index (χ1) is 15.0. The minimum Gasteiger partial charge on any atom is -0.496 e. The monoisotopic (exact) mass is 557 g/mol. The third-order valence-electron chi connectivity index (χ3n) is 6.35. The molecular weight excluding hydrogens is 517 g/mol. The molecule has 2 unspecified atom stereocenters. The van der Waals surface area contributed by atoms with Crippen LogP contribution in [-0.2, 0) is 4.79 Å². The molecule has 2 atom stereocenters. The molecule has 1 aromatic carbocycles. The van der Waals surface area contributed by atoms with Crippen molar-refractivity contribution in [2.75, 3.05) is 46.9 Å². The number of piperidine rings is 1. The van der Waals surface area contributed by atoms with Gasteiger partial charge >= 0.3 is 0 Å². The van der Waals surface area contributed by atoms with Crippen molar-refractivity contribution in [2.24, 2.45) is 10.9 Å². The number of hydrogen-bond donors (Lipinski definition) is 2. The van der Waals surface area contributed by atoms with Crippen LogP contribution in [-0.4, -0.2) is 74.6 Å². The zero-order valence-corrected chi connectivity index (χ0v) is 22.3. The number of methoxy groups -OCH3 is 1. The van der Waals surface area contributed by atoms with Crippen molar-refractivity contribution < 1.29 is 9.53 Å². The normalized spacial score (nSPS) is 20.6. The molecule has 0 bridgehead atoms. The van der Waals surface area contributed by atoms with Crippen LogP contribution in [0.1, 0.15) is 51.1 Å². The largest absolute Gasteiger partial charge is 0.496 e. The average Bonchev–Trinajstić information content (AvgIpc) is 3.27. The van der Waals surface area contributed by atoms with Crippen LogP contribution < -0.4 is 15.4 Å². The first kappa shape index (κ1) is 26.7. The number of ether oxygens (including phenoxy) is 1. The average molecular weight is 558 g/mol. The summed E-state index contributed by atoms with van der Waals surface area (Å²) in [6.07, 6.45) is 4.72. The Labute approximate surface area is 210 Å². The standard InChI is InChI=1S/C24H39N5O2.HI/c1-18(2)23(30)29-15-12-19(17-29)27-24(25-3)26-16-21(28-13-8-5-9-14-28)20-10-6-7-11-22(20)31-4;/h6-7,10-11,18-19,21H,5,8-9,12-17H2,1-4H3,(H2,25,26,27);1H. The van der Waals surface area contributed by atoms with Gasteiger partial charge in [0.05, 0.1) is 13.2 Å². The fourth-order valence-electron chi connectivity index (χ4n) is 4.63. The molecule has 0 aliphatic carbocycles. The van der Waals surface area contributed by atoms with Crippen molar-refractivity contribution >= 4 is 35.8 Å². The fourth-order valence-corrected chi connectivity index (χ4v) is 4.63. The van der Waals surface area contributed by atoms with Crippen molar-refractivity contribution in [3.05, 3.63) is 29.8 Å². The first-order valence-corrected chi connectivity index (χ1v) is 11.7. The number of carbonyl (C=O) groups is 1. The van der Waals surface area contributed by atoms with E-state index >= 15 is 0 Å². The summed E-state index contributed by atoms with van der Waals surface area (Å²) < 4.78 is 5.67. The highest BCUT2D eigenvalue weighted by atomic mass is 127. The van der Waals surface area contributed by atoms with Gasteiger partial charge in [0.25, 0.3) is 0 Å². The third-order valence-corrected chi connectivity index (χ3v) is 6.35. The van der Waals surface area contributed by atoms with Crippen LogP contribution in [0.4, 0.5) is 0 Å². The lowest BCUT2D eigenvalue weighted by molar-refractivity contribution is -0.133. The summed E-state index contributed by atoms with van der Waals surface area (Å²) in [4.78, 5) is 21.3. The van der Waals surface area contributed by atoms with E-state index in [9.17, 15) is 4.79 Å². The van der Waals surface area contributed by atoms with Crippen molar-refractivity contribution in [2.45, 2.75) is 51.6 Å². The topological polar surface area (TPSA) is 69.2 Å². The van der Waals surface area contributed by atoms with Crippen molar-refractivity contribution in [3.63, 3.8) is 0 Å². The number of carbonyl (C=O) groups excluding carboxylic acids is 1. The number of rotatable bonds is 7. The number of amides is 1. The Morgan fingerprint density at radius 1 is 1.19 bits per heavy atom. The van der Waals surface area contributed by atoms with Crippen LogP contribution in [0.3, 0.4) is 0 Å². The van der Waals surface area contributed by atoms with Gasteiger partial charge in [-0.05, 0) is 38.4 Å². The van der Waals surface area contributed by atoms with Gasteiger partial charge in [-0.15, -0.1) is 24.0 Å². The Morgan fingerprint density at radius 2 is 1.91 bits per heavy atom. The van der Waals surface area contributed by atoms with Gasteiger partial charge in [0.2, 0.25) is 5.91 Å². The van der Waals surface area contributed by atoms with Gasteiger partial charge < -0.3 is 20.3 Å². The lowest BCUT2D eigenvalue weighted by atomic mass is 10.0. The predicted molar refractivity (Wildman–Crippen MR) is 141 cm³/mol. The second kappa shape index (κ2) is 13.2. The SMILES string of the molecule is CN=C(NCC(c1ccccc1OC)N1CCCCC1)NC1CCN(C(=O)C(C)C)C1.I. The number of likely N-dealkylation sites (tertiary alicyclic amines) is 2. The maximum atomic E-state index is 12.3. The molecule has 7 nitrogen and oxygen atoms in total. The van der Waals surface area contributed by atoms with Gasteiger partial charge in [-0.2, -0.15) is 0 Å². The minimum absolute atomic E-state index is 0. The number of halogens is 1. The van der Waals surface area contributed by atoms with E-state index in [-0.39, 0.29) is 47.9 Å². The minimum atomic E-state index is 0. The number of nitrogens with zero attached hydrogens (tertiary/aromatic N) is 3. The smallest absolute Gasteiger partial charge is 0.225 e. The highest BCUT2D eigenvalue weighted by Gasteiger charge is 2.29. The number of nitrogens with one attached hydrogen (secondary N) is 2. The molecule has 1 amide bonds. The molecule has 0 spiro atoms. The van der Waals surface area contributed by atoms with E-state index in [1.165, 1.54) is 24.8 Å². The van der Waals surface area contributed by atoms with Crippen LogP contribution >= 0.6 is 24.0 Å². The molecule has 0 radical (unpaired) electrons. The van der Waals surface area contributed by atoms with E-state index < -0.39 is 0 Å². The zero-order valence-electron chi connectivity index (χ0n) is 20.0. The molecule has 180 valence electrons. The second-order valence-corrected chi connectivity index (χ2v) is 8.88. The summed E-state index contributed by atoms with van der Waals surface area (Å²) in [6.45, 7) is 8.42. The molecule has 2 N–H and O–H groups in total. The molecule has 2 heterocycles. The molecule has 2 aliphatic rings. The van der Waals surface area contributed by atoms with Crippen molar-refractivity contribution in [1.82, 2.24) is 20.4 Å². The molecule has 2 fully saturated rings. The molecule has 0 aromatic heterocycles. The Morgan fingerprint density at radius 3 is 2.56 bits per heavy atom. The van der Waals surface area contributed by atoms with Gasteiger partial charge in [-0.3, -0.25) is 14.7 Å². The molecule has 0 saturated carbocycles. The molecule has 2 saturated heterocycles. The third kappa shape index (κ3) is 6.97.